The molecule has 0 spiro atoms. The van der Waals surface area contributed by atoms with Crippen molar-refractivity contribution in [3.8, 4) is 0 Å². The number of carbonyl (C=O) groups is 1. The minimum absolute atomic E-state index is 0.0205. The van der Waals surface area contributed by atoms with E-state index in [4.69, 9.17) is 0 Å². The molecular weight excluding hydrogens is 446 g/mol. The Morgan fingerprint density at radius 1 is 1.18 bits per heavy atom. The maximum absolute atomic E-state index is 11.5. The predicted molar refractivity (Wildman–Crippen MR) is 83.0 cm³/mol. The number of fused-ring (bicyclic) bond motifs is 1. The minimum atomic E-state index is -0.0205. The Morgan fingerprint density at radius 3 is 2.29 bits per heavy atom. The Morgan fingerprint density at radius 2 is 1.76 bits per heavy atom. The number of ketones is 1. The SMILES string of the molecule is CC(=O)c1c(C)c(C)nc2nc(C)nn12.II. The Kier molecular flexibility index (Phi) is 5.22. The van der Waals surface area contributed by atoms with E-state index >= 15 is 0 Å². The summed E-state index contributed by atoms with van der Waals surface area (Å²) < 4.78 is 1.51. The van der Waals surface area contributed by atoms with Crippen LogP contribution in [0.25, 0.3) is 5.78 Å². The maximum atomic E-state index is 11.5. The molecule has 2 aromatic heterocycles. The van der Waals surface area contributed by atoms with E-state index in [1.54, 1.807) is 6.92 Å². The number of aromatic nitrogens is 4. The van der Waals surface area contributed by atoms with Crippen molar-refractivity contribution in [3.63, 3.8) is 0 Å². The highest BCUT2D eigenvalue weighted by atomic mass is 128. The molecule has 0 amide bonds. The zero-order valence-electron chi connectivity index (χ0n) is 9.95. The van der Waals surface area contributed by atoms with E-state index in [2.05, 4.69) is 52.3 Å². The number of nitrogens with zero attached hydrogens (tertiary/aromatic N) is 4. The van der Waals surface area contributed by atoms with Crippen LogP contribution in [0.1, 0.15) is 34.5 Å². The fourth-order valence-corrected chi connectivity index (χ4v) is 1.60. The lowest BCUT2D eigenvalue weighted by atomic mass is 10.1. The number of hydrogen-bond acceptors (Lipinski definition) is 4. The topological polar surface area (TPSA) is 60.2 Å². The van der Waals surface area contributed by atoms with Gasteiger partial charge in [-0.2, -0.15) is 9.50 Å². The summed E-state index contributed by atoms with van der Waals surface area (Å²) in [5, 5.41) is 4.16. The Balaban J connectivity index is 0.000000686. The van der Waals surface area contributed by atoms with Crippen LogP contribution in [0.5, 0.6) is 0 Å². The van der Waals surface area contributed by atoms with Crippen molar-refractivity contribution in [2.75, 3.05) is 0 Å². The molecule has 17 heavy (non-hydrogen) atoms. The lowest BCUT2D eigenvalue weighted by Crippen LogP contribution is -2.10. The third-order valence-corrected chi connectivity index (χ3v) is 2.41. The number of halogens is 2. The fourth-order valence-electron chi connectivity index (χ4n) is 1.60. The largest absolute Gasteiger partial charge is 0.293 e. The van der Waals surface area contributed by atoms with E-state index in [1.165, 1.54) is 11.4 Å². The van der Waals surface area contributed by atoms with Crippen LogP contribution in [-0.2, 0) is 0 Å². The van der Waals surface area contributed by atoms with Gasteiger partial charge in [-0.3, -0.25) is 4.79 Å². The summed E-state index contributed by atoms with van der Waals surface area (Å²) in [5.41, 5.74) is 2.25. The van der Waals surface area contributed by atoms with Gasteiger partial charge in [-0.25, -0.2) is 4.98 Å². The van der Waals surface area contributed by atoms with Crippen LogP contribution in [0, 0.1) is 20.8 Å². The van der Waals surface area contributed by atoms with Gasteiger partial charge in [0.05, 0.1) is 0 Å². The monoisotopic (exact) mass is 458 g/mol. The van der Waals surface area contributed by atoms with E-state index in [-0.39, 0.29) is 5.78 Å². The van der Waals surface area contributed by atoms with Crippen molar-refractivity contribution < 1.29 is 4.79 Å². The molecule has 5 nitrogen and oxygen atoms in total. The first kappa shape index (κ1) is 14.7. The smallest absolute Gasteiger partial charge is 0.253 e. The number of carbonyl (C=O) groups excluding carboxylic acids is 1. The third-order valence-electron chi connectivity index (χ3n) is 2.41. The summed E-state index contributed by atoms with van der Waals surface area (Å²) in [6.07, 6.45) is 0. The van der Waals surface area contributed by atoms with Gasteiger partial charge in [0.2, 0.25) is 0 Å². The predicted octanol–water partition coefficient (Wildman–Crippen LogP) is 3.02. The van der Waals surface area contributed by atoms with Gasteiger partial charge in [0.25, 0.3) is 5.78 Å². The molecule has 2 aromatic rings. The summed E-state index contributed by atoms with van der Waals surface area (Å²) in [4.78, 5) is 19.9. The molecule has 0 atom stereocenters. The molecule has 0 aliphatic heterocycles. The van der Waals surface area contributed by atoms with Crippen molar-refractivity contribution >= 4 is 48.8 Å². The van der Waals surface area contributed by atoms with Gasteiger partial charge in [0.15, 0.2) is 5.78 Å². The van der Waals surface area contributed by atoms with Gasteiger partial charge in [0, 0.05) is 49.8 Å². The summed E-state index contributed by atoms with van der Waals surface area (Å²) >= 11 is 4.24. The van der Waals surface area contributed by atoms with Gasteiger partial charge in [-0.1, -0.05) is 0 Å². The second-order valence-electron chi connectivity index (χ2n) is 3.60. The summed E-state index contributed by atoms with van der Waals surface area (Å²) in [7, 11) is 0. The van der Waals surface area contributed by atoms with E-state index in [0.717, 1.165) is 11.3 Å². The number of aryl methyl sites for hydroxylation is 2. The number of Topliss-reactive ketones (excluding diaryl/α,β-unsaturated/α-hetero) is 1. The molecule has 92 valence electrons. The normalized spacial score (nSPS) is 10.0. The molecule has 0 unspecified atom stereocenters. The summed E-state index contributed by atoms with van der Waals surface area (Å²) in [5.74, 6) is 1.09. The third kappa shape index (κ3) is 2.92. The lowest BCUT2D eigenvalue weighted by molar-refractivity contribution is 0.101. The molecule has 0 aromatic carbocycles. The molecule has 7 heteroatoms. The minimum Gasteiger partial charge on any atom is -0.293 e. The summed E-state index contributed by atoms with van der Waals surface area (Å²) in [6, 6.07) is 0. The molecule has 0 N–H and O–H groups in total. The summed E-state index contributed by atoms with van der Waals surface area (Å²) in [6.45, 7) is 7.04. The van der Waals surface area contributed by atoms with Crippen molar-refractivity contribution in [1.29, 1.82) is 0 Å². The molecular formula is C10H12I2N4O. The fraction of sp³-hybridized carbons (Fsp3) is 0.400. The molecule has 0 bridgehead atoms. The Hall–Kier alpha value is -0.320. The zero-order valence-corrected chi connectivity index (χ0v) is 14.3. The van der Waals surface area contributed by atoms with Crippen LogP contribution >= 0.6 is 37.2 Å². The van der Waals surface area contributed by atoms with Crippen LogP contribution in [0.3, 0.4) is 0 Å². The molecule has 0 radical (unpaired) electrons. The van der Waals surface area contributed by atoms with E-state index in [1.807, 2.05) is 13.8 Å². The van der Waals surface area contributed by atoms with Crippen LogP contribution < -0.4 is 0 Å². The van der Waals surface area contributed by atoms with Gasteiger partial charge in [-0.05, 0) is 26.3 Å². The van der Waals surface area contributed by atoms with Crippen molar-refractivity contribution in [2.45, 2.75) is 27.7 Å². The molecule has 0 aliphatic rings. The highest BCUT2D eigenvalue weighted by molar-refractivity contribution is 15.0. The highest BCUT2D eigenvalue weighted by Gasteiger charge is 2.15. The first-order valence-corrected chi connectivity index (χ1v) is 11.1. The van der Waals surface area contributed by atoms with Crippen LogP contribution in [0.2, 0.25) is 0 Å². The lowest BCUT2D eigenvalue weighted by Gasteiger charge is -2.06. The van der Waals surface area contributed by atoms with Crippen LogP contribution in [-0.4, -0.2) is 25.4 Å². The average Bonchev–Trinajstić information content (AvgIpc) is 2.61. The molecule has 0 saturated carbocycles. The number of hydrogen-bond donors (Lipinski definition) is 0. The van der Waals surface area contributed by atoms with E-state index in [9.17, 15) is 4.79 Å². The van der Waals surface area contributed by atoms with E-state index in [0.29, 0.717) is 17.3 Å². The second kappa shape index (κ2) is 6.03. The molecule has 0 aliphatic carbocycles. The van der Waals surface area contributed by atoms with E-state index < -0.39 is 0 Å². The van der Waals surface area contributed by atoms with Gasteiger partial charge < -0.3 is 0 Å². The Labute approximate surface area is 123 Å². The van der Waals surface area contributed by atoms with Gasteiger partial charge in [0.1, 0.15) is 11.5 Å². The molecule has 0 fully saturated rings. The maximum Gasteiger partial charge on any atom is 0.253 e. The highest BCUT2D eigenvalue weighted by Crippen LogP contribution is 2.13. The standard InChI is InChI=1S/C10H12N4O.I2/c1-5-6(2)11-10-12-8(4)13-14(10)9(5)7(3)15;1-2/h1-4H3;. The van der Waals surface area contributed by atoms with Crippen molar-refractivity contribution in [2.24, 2.45) is 0 Å². The first-order valence-electron chi connectivity index (χ1n) is 4.86. The van der Waals surface area contributed by atoms with Gasteiger partial charge in [-0.15, -0.1) is 5.10 Å². The quantitative estimate of drug-likeness (QED) is 0.488. The number of rotatable bonds is 1. The zero-order chi connectivity index (χ0) is 13.2. The second-order valence-corrected chi connectivity index (χ2v) is 3.60. The van der Waals surface area contributed by atoms with Gasteiger partial charge >= 0.3 is 0 Å². The Bertz CT molecular complexity index is 565. The first-order chi connectivity index (χ1) is 8.00. The average molecular weight is 458 g/mol. The van der Waals surface area contributed by atoms with Crippen molar-refractivity contribution in [1.82, 2.24) is 19.6 Å². The van der Waals surface area contributed by atoms with Crippen molar-refractivity contribution in [3.05, 3.63) is 22.8 Å². The van der Waals surface area contributed by atoms with Crippen LogP contribution in [0.4, 0.5) is 0 Å². The molecule has 2 heterocycles. The molecule has 0 saturated heterocycles. The molecule has 2 rings (SSSR count). The van der Waals surface area contributed by atoms with Crippen LogP contribution in [0.15, 0.2) is 0 Å².